The Morgan fingerprint density at radius 2 is 2.04 bits per heavy atom. The van der Waals surface area contributed by atoms with Gasteiger partial charge in [-0.15, -0.1) is 0 Å². The summed E-state index contributed by atoms with van der Waals surface area (Å²) in [6.07, 6.45) is 2.76. The first-order valence-electron chi connectivity index (χ1n) is 7.80. The van der Waals surface area contributed by atoms with Crippen LogP contribution in [-0.4, -0.2) is 31.2 Å². The van der Waals surface area contributed by atoms with Crippen molar-refractivity contribution in [3.05, 3.63) is 50.8 Å². The van der Waals surface area contributed by atoms with E-state index in [1.165, 1.54) is 29.9 Å². The summed E-state index contributed by atoms with van der Waals surface area (Å²) in [7, 11) is -2.61. The fourth-order valence-electron chi connectivity index (χ4n) is 3.05. The zero-order chi connectivity index (χ0) is 19.1. The van der Waals surface area contributed by atoms with Crippen LogP contribution in [0.4, 0.5) is 0 Å². The number of aryl methyl sites for hydroxylation is 1. The Kier molecular flexibility index (Phi) is 4.45. The van der Waals surface area contributed by atoms with Crippen LogP contribution in [0.1, 0.15) is 18.1 Å². The van der Waals surface area contributed by atoms with Crippen molar-refractivity contribution < 1.29 is 18.0 Å². The monoisotopic (exact) mass is 375 g/mol. The van der Waals surface area contributed by atoms with Crippen LogP contribution in [0.2, 0.25) is 0 Å². The number of sulfone groups is 1. The predicted octanol–water partition coefficient (Wildman–Crippen LogP) is 1.17. The first kappa shape index (κ1) is 17.9. The summed E-state index contributed by atoms with van der Waals surface area (Å²) < 4.78 is 26.7. The number of aromatic amines is 1. The summed E-state index contributed by atoms with van der Waals surface area (Å²) in [6.45, 7) is 4.04. The molecule has 26 heavy (non-hydrogen) atoms. The number of hydroxylamine groups is 1. The molecule has 0 fully saturated rings. The number of allylic oxidation sites excluding steroid dienone is 1. The van der Waals surface area contributed by atoms with Crippen LogP contribution < -0.4 is 11.0 Å². The van der Waals surface area contributed by atoms with Gasteiger partial charge >= 0.3 is 0 Å². The van der Waals surface area contributed by atoms with Gasteiger partial charge in [0.1, 0.15) is 5.94 Å². The van der Waals surface area contributed by atoms with Gasteiger partial charge in [0.05, 0.1) is 23.3 Å². The van der Waals surface area contributed by atoms with E-state index in [1.54, 1.807) is 19.2 Å². The Morgan fingerprint density at radius 1 is 1.31 bits per heavy atom. The number of carbonyl (C=O) groups excluding carboxylic acids is 1. The number of nitrogens with zero attached hydrogens (tertiary/aromatic N) is 1. The molecule has 136 valence electrons. The minimum absolute atomic E-state index is 0.0366. The van der Waals surface area contributed by atoms with Crippen molar-refractivity contribution in [3.63, 3.8) is 0 Å². The van der Waals surface area contributed by atoms with Gasteiger partial charge in [0.15, 0.2) is 4.91 Å². The van der Waals surface area contributed by atoms with Crippen molar-refractivity contribution in [3.8, 4) is 11.1 Å². The van der Waals surface area contributed by atoms with Gasteiger partial charge in [-0.05, 0) is 37.1 Å². The Balaban J connectivity index is 2.34. The van der Waals surface area contributed by atoms with Crippen molar-refractivity contribution in [2.75, 3.05) is 7.11 Å². The molecule has 1 aliphatic rings. The van der Waals surface area contributed by atoms with Crippen molar-refractivity contribution in [2.45, 2.75) is 25.3 Å². The second-order valence-electron chi connectivity index (χ2n) is 5.68. The van der Waals surface area contributed by atoms with E-state index in [0.717, 1.165) is 0 Å². The van der Waals surface area contributed by atoms with Gasteiger partial charge in [-0.2, -0.15) is 0 Å². The Bertz CT molecular complexity index is 1130. The van der Waals surface area contributed by atoms with Crippen LogP contribution >= 0.6 is 0 Å². The molecular weight excluding hydrogens is 358 g/mol. The third kappa shape index (κ3) is 2.53. The molecule has 9 heteroatoms. The molecule has 3 rings (SSSR count). The highest BCUT2D eigenvalue weighted by atomic mass is 32.2. The lowest BCUT2D eigenvalue weighted by Gasteiger charge is -2.22. The quantitative estimate of drug-likeness (QED) is 0.613. The highest BCUT2D eigenvalue weighted by Gasteiger charge is 2.32. The van der Waals surface area contributed by atoms with Gasteiger partial charge in [-0.25, -0.2) is 13.2 Å². The molecule has 2 aromatic rings. The largest absolute Gasteiger partial charge is 0.302 e. The zero-order valence-electron chi connectivity index (χ0n) is 14.4. The molecule has 0 saturated carbocycles. The number of hydrogen-bond donors (Lipinski definition) is 2. The zero-order valence-corrected chi connectivity index (χ0v) is 15.2. The molecule has 0 unspecified atom stereocenters. The topological polar surface area (TPSA) is 110 Å². The number of nitrogens with one attached hydrogen (secondary N) is 2. The van der Waals surface area contributed by atoms with Crippen LogP contribution in [0.25, 0.3) is 16.8 Å². The Hall–Kier alpha value is -2.87. The van der Waals surface area contributed by atoms with E-state index in [4.69, 9.17) is 4.84 Å². The normalized spacial score (nSPS) is 15.2. The lowest BCUT2D eigenvalue weighted by molar-refractivity contribution is 0.136. The molecule has 0 saturated heterocycles. The molecule has 0 radical (unpaired) electrons. The fourth-order valence-corrected chi connectivity index (χ4v) is 4.45. The van der Waals surface area contributed by atoms with E-state index in [9.17, 15) is 18.0 Å². The van der Waals surface area contributed by atoms with Crippen molar-refractivity contribution in [2.24, 2.45) is 0 Å². The predicted molar refractivity (Wildman–Crippen MR) is 95.4 cm³/mol. The average molecular weight is 375 g/mol. The minimum atomic E-state index is -3.99. The van der Waals surface area contributed by atoms with E-state index in [-0.39, 0.29) is 10.5 Å². The number of H-pyrrole nitrogens is 1. The summed E-state index contributed by atoms with van der Waals surface area (Å²) in [4.78, 5) is 27.9. The van der Waals surface area contributed by atoms with Crippen LogP contribution in [0.5, 0.6) is 0 Å². The maximum Gasteiger partial charge on any atom is 0.274 e. The Morgan fingerprint density at radius 3 is 2.62 bits per heavy atom. The average Bonchev–Trinajstić information content (AvgIpc) is 2.98. The fraction of sp³-hybridized carbons (Fsp3) is 0.235. The molecule has 0 amide bonds. The van der Waals surface area contributed by atoms with Crippen LogP contribution in [0, 0.1) is 6.92 Å². The first-order chi connectivity index (χ1) is 12.4. The van der Waals surface area contributed by atoms with Crippen molar-refractivity contribution in [1.29, 1.82) is 0 Å². The minimum Gasteiger partial charge on any atom is -0.302 e. The first-order valence-corrected chi connectivity index (χ1v) is 9.28. The standard InChI is InChI=1S/C17H17N3O5S/c1-4-20-17(22)13(8-18-20)12-5-6-15-16(10(12)2)14(19-25-3)7-11(9-21)26(15,23)24/h5-8,18-19H,4H2,1-3H3. The second kappa shape index (κ2) is 6.45. The molecule has 0 atom stereocenters. The van der Waals surface area contributed by atoms with E-state index in [1.807, 2.05) is 6.92 Å². The summed E-state index contributed by atoms with van der Waals surface area (Å²) in [5.41, 5.74) is 4.65. The van der Waals surface area contributed by atoms with Crippen LogP contribution in [-0.2, 0) is 26.0 Å². The smallest absolute Gasteiger partial charge is 0.274 e. The SMILES string of the molecule is CCn1[nH]cc(-c2ccc3c(c2C)C(NOC)=CC(=C=O)S3(=O)=O)c1=O. The molecule has 0 bridgehead atoms. The summed E-state index contributed by atoms with van der Waals surface area (Å²) in [6, 6.07) is 2.95. The third-order valence-electron chi connectivity index (χ3n) is 4.31. The highest BCUT2D eigenvalue weighted by molar-refractivity contribution is 7.96. The number of benzene rings is 1. The van der Waals surface area contributed by atoms with Crippen molar-refractivity contribution >= 4 is 21.5 Å². The van der Waals surface area contributed by atoms with E-state index in [2.05, 4.69) is 10.6 Å². The lowest BCUT2D eigenvalue weighted by atomic mass is 9.96. The van der Waals surface area contributed by atoms with E-state index >= 15 is 0 Å². The van der Waals surface area contributed by atoms with Gasteiger partial charge in [0.2, 0.25) is 9.84 Å². The van der Waals surface area contributed by atoms with E-state index < -0.39 is 14.7 Å². The summed E-state index contributed by atoms with van der Waals surface area (Å²) in [5, 5.41) is 2.87. The molecule has 2 heterocycles. The number of fused-ring (bicyclic) bond motifs is 1. The molecule has 1 aromatic heterocycles. The summed E-state index contributed by atoms with van der Waals surface area (Å²) in [5.74, 6) is 1.46. The second-order valence-corrected chi connectivity index (χ2v) is 7.57. The molecule has 0 aliphatic carbocycles. The van der Waals surface area contributed by atoms with Gasteiger partial charge in [0.25, 0.3) is 5.56 Å². The maximum absolute atomic E-state index is 12.6. The lowest BCUT2D eigenvalue weighted by Crippen LogP contribution is -2.21. The Labute approximate surface area is 149 Å². The van der Waals surface area contributed by atoms with Crippen LogP contribution in [0.3, 0.4) is 0 Å². The summed E-state index contributed by atoms with van der Waals surface area (Å²) >= 11 is 0. The van der Waals surface area contributed by atoms with Gasteiger partial charge < -0.3 is 5.10 Å². The third-order valence-corrected chi connectivity index (χ3v) is 6.01. The van der Waals surface area contributed by atoms with Gasteiger partial charge in [0, 0.05) is 18.3 Å². The van der Waals surface area contributed by atoms with Crippen molar-refractivity contribution in [1.82, 2.24) is 15.3 Å². The molecule has 2 N–H and O–H groups in total. The van der Waals surface area contributed by atoms with Gasteiger partial charge in [-0.1, -0.05) is 6.07 Å². The molecular formula is C17H17N3O5S. The van der Waals surface area contributed by atoms with E-state index in [0.29, 0.717) is 34.5 Å². The van der Waals surface area contributed by atoms with Crippen LogP contribution in [0.15, 0.2) is 39.0 Å². The molecule has 8 nitrogen and oxygen atoms in total. The van der Waals surface area contributed by atoms with Gasteiger partial charge in [-0.3, -0.25) is 19.8 Å². The highest BCUT2D eigenvalue weighted by Crippen LogP contribution is 2.38. The molecule has 1 aromatic carbocycles. The maximum atomic E-state index is 12.6. The number of hydrogen-bond acceptors (Lipinski definition) is 6. The molecule has 1 aliphatic heterocycles. The number of aromatic nitrogens is 2. The number of rotatable bonds is 4. The molecule has 0 spiro atoms.